The van der Waals surface area contributed by atoms with Crippen LogP contribution >= 0.6 is 0 Å². The van der Waals surface area contributed by atoms with Gasteiger partial charge in [0.1, 0.15) is 0 Å². The highest BCUT2D eigenvalue weighted by molar-refractivity contribution is 5.75. The Morgan fingerprint density at radius 1 is 0.973 bits per heavy atom. The quantitative estimate of drug-likeness (QED) is 0.489. The Balaban J connectivity index is 1.50. The third-order valence-corrected chi connectivity index (χ3v) is 6.92. The monoisotopic (exact) mass is 530 g/mol. The van der Waals surface area contributed by atoms with Crippen LogP contribution in [0.3, 0.4) is 0 Å². The van der Waals surface area contributed by atoms with E-state index in [4.69, 9.17) is 4.74 Å². The van der Waals surface area contributed by atoms with Crippen molar-refractivity contribution in [2.24, 2.45) is 0 Å². The fourth-order valence-corrected chi connectivity index (χ4v) is 4.93. The number of carbonyl (C=O) groups excluding carboxylic acids is 1. The van der Waals surface area contributed by atoms with Crippen LogP contribution in [0.2, 0.25) is 0 Å². The van der Waals surface area contributed by atoms with Crippen molar-refractivity contribution in [2.45, 2.75) is 50.4 Å². The highest BCUT2D eigenvalue weighted by atomic mass is 19.4. The molecule has 0 aromatic heterocycles. The number of halogens is 6. The minimum absolute atomic E-state index is 0.112. The number of urea groups is 1. The number of ether oxygens (including phenoxy) is 1. The van der Waals surface area contributed by atoms with Gasteiger partial charge in [-0.15, -0.1) is 0 Å². The summed E-state index contributed by atoms with van der Waals surface area (Å²) in [6.45, 7) is 3.45. The molecule has 1 unspecified atom stereocenters. The Morgan fingerprint density at radius 2 is 1.57 bits per heavy atom. The summed E-state index contributed by atoms with van der Waals surface area (Å²) >= 11 is 0. The smallest absolute Gasteiger partial charge is 0.376 e. The van der Waals surface area contributed by atoms with Crippen molar-refractivity contribution in [1.82, 2.24) is 20.7 Å². The number of benzene rings is 2. The van der Waals surface area contributed by atoms with Crippen LogP contribution in [-0.4, -0.2) is 48.5 Å². The van der Waals surface area contributed by atoms with Crippen molar-refractivity contribution in [3.63, 3.8) is 0 Å². The zero-order valence-corrected chi connectivity index (χ0v) is 20.1. The predicted molar refractivity (Wildman–Crippen MR) is 123 cm³/mol. The largest absolute Gasteiger partial charge is 0.416 e. The minimum atomic E-state index is -4.91. The Morgan fingerprint density at radius 3 is 2.11 bits per heavy atom. The third-order valence-electron chi connectivity index (χ3n) is 6.92. The number of piperidine rings is 1. The van der Waals surface area contributed by atoms with Gasteiger partial charge >= 0.3 is 18.4 Å². The van der Waals surface area contributed by atoms with E-state index in [0.717, 1.165) is 5.56 Å². The summed E-state index contributed by atoms with van der Waals surface area (Å²) in [4.78, 5) is 13.9. The number of amides is 2. The van der Waals surface area contributed by atoms with Gasteiger partial charge in [0.15, 0.2) is 6.29 Å². The van der Waals surface area contributed by atoms with E-state index in [2.05, 4.69) is 15.6 Å². The molecule has 37 heavy (non-hydrogen) atoms. The van der Waals surface area contributed by atoms with E-state index in [-0.39, 0.29) is 30.6 Å². The maximum absolute atomic E-state index is 13.2. The first-order valence-corrected chi connectivity index (χ1v) is 11.9. The van der Waals surface area contributed by atoms with Gasteiger partial charge in [0, 0.05) is 25.0 Å². The molecule has 12 heteroatoms. The predicted octanol–water partition coefficient (Wildman–Crippen LogP) is 5.11. The fourth-order valence-electron chi connectivity index (χ4n) is 4.93. The fraction of sp³-hybridized carbons (Fsp3) is 0.480. The highest BCUT2D eigenvalue weighted by Crippen LogP contribution is 2.39. The molecule has 1 atom stereocenters. The standard InChI is InChI=1S/C25H28F6N4O2/c1-2-35-22(32-21(36)33-35)34-10-8-23(9-11-34,18-6-4-3-5-7-18)16-37-15-17-12-19(24(26,27)28)14-20(13-17)25(29,30)31/h3-7,12-14,22H,2,8-11,15-16H2,1H3,(H2,32,33,36). The molecule has 2 aliphatic rings. The Labute approximate surface area is 210 Å². The van der Waals surface area contributed by atoms with Gasteiger partial charge in [0.2, 0.25) is 0 Å². The molecule has 2 heterocycles. The topological polar surface area (TPSA) is 56.8 Å². The summed E-state index contributed by atoms with van der Waals surface area (Å²) < 4.78 is 85.2. The van der Waals surface area contributed by atoms with Crippen molar-refractivity contribution >= 4 is 6.03 Å². The zero-order chi connectivity index (χ0) is 26.8. The van der Waals surface area contributed by atoms with Crippen LogP contribution in [0, 0.1) is 0 Å². The van der Waals surface area contributed by atoms with Gasteiger partial charge in [0.25, 0.3) is 0 Å². The van der Waals surface area contributed by atoms with E-state index in [1.54, 1.807) is 5.01 Å². The van der Waals surface area contributed by atoms with E-state index >= 15 is 0 Å². The number of carbonyl (C=O) groups is 1. The maximum Gasteiger partial charge on any atom is 0.416 e. The number of alkyl halides is 6. The molecular weight excluding hydrogens is 502 g/mol. The molecule has 2 aromatic carbocycles. The highest BCUT2D eigenvalue weighted by Gasteiger charge is 2.42. The number of rotatable bonds is 7. The number of hydrogen-bond acceptors (Lipinski definition) is 4. The Hall–Kier alpha value is -2.83. The lowest BCUT2D eigenvalue weighted by Gasteiger charge is -2.44. The lowest BCUT2D eigenvalue weighted by Crippen LogP contribution is -2.57. The molecule has 0 aliphatic carbocycles. The average molecular weight is 531 g/mol. The molecule has 2 amide bonds. The molecule has 2 N–H and O–H groups in total. The number of nitrogens with zero attached hydrogens (tertiary/aromatic N) is 2. The number of hydrazine groups is 1. The van der Waals surface area contributed by atoms with Crippen molar-refractivity contribution in [1.29, 1.82) is 0 Å². The lowest BCUT2D eigenvalue weighted by atomic mass is 9.73. The van der Waals surface area contributed by atoms with Gasteiger partial charge in [-0.3, -0.25) is 10.3 Å². The molecule has 0 bridgehead atoms. The van der Waals surface area contributed by atoms with Gasteiger partial charge in [0.05, 0.1) is 24.3 Å². The lowest BCUT2D eigenvalue weighted by molar-refractivity contribution is -0.143. The SMILES string of the molecule is CCN1NC(=O)NC1N1CCC(COCc2cc(C(F)(F)F)cc(C(F)(F)F)c2)(c2ccccc2)CC1. The van der Waals surface area contributed by atoms with Crippen LogP contribution in [0.25, 0.3) is 0 Å². The first-order chi connectivity index (χ1) is 17.4. The van der Waals surface area contributed by atoms with Gasteiger partial charge in [-0.1, -0.05) is 37.3 Å². The van der Waals surface area contributed by atoms with Crippen molar-refractivity contribution in [3.8, 4) is 0 Å². The number of likely N-dealkylation sites (tertiary alicyclic amines) is 1. The normalized spacial score (nSPS) is 21.1. The Bertz CT molecular complexity index is 1050. The summed E-state index contributed by atoms with van der Waals surface area (Å²) in [5, 5.41) is 4.67. The van der Waals surface area contributed by atoms with E-state index in [9.17, 15) is 31.1 Å². The van der Waals surface area contributed by atoms with Crippen LogP contribution in [-0.2, 0) is 29.1 Å². The number of nitrogens with one attached hydrogen (secondary N) is 2. The Kier molecular flexibility index (Phi) is 7.72. The second-order valence-corrected chi connectivity index (χ2v) is 9.33. The molecule has 0 saturated carbocycles. The molecule has 4 rings (SSSR count). The first-order valence-electron chi connectivity index (χ1n) is 11.9. The first kappa shape index (κ1) is 27.2. The molecule has 0 radical (unpaired) electrons. The summed E-state index contributed by atoms with van der Waals surface area (Å²) in [5.74, 6) is 0. The molecular formula is C25H28F6N4O2. The minimum Gasteiger partial charge on any atom is -0.376 e. The summed E-state index contributed by atoms with van der Waals surface area (Å²) in [5.41, 5.74) is 0.322. The van der Waals surface area contributed by atoms with Gasteiger partial charge < -0.3 is 10.1 Å². The summed E-state index contributed by atoms with van der Waals surface area (Å²) in [6.07, 6.45) is -8.89. The van der Waals surface area contributed by atoms with Crippen LogP contribution < -0.4 is 10.7 Å². The molecule has 202 valence electrons. The average Bonchev–Trinajstić information content (AvgIpc) is 3.24. The number of hydrogen-bond donors (Lipinski definition) is 2. The molecule has 2 saturated heterocycles. The van der Waals surface area contributed by atoms with Crippen molar-refractivity contribution < 1.29 is 35.9 Å². The van der Waals surface area contributed by atoms with Crippen LogP contribution in [0.1, 0.15) is 42.0 Å². The summed E-state index contributed by atoms with van der Waals surface area (Å²) in [7, 11) is 0. The van der Waals surface area contributed by atoms with E-state index < -0.39 is 35.5 Å². The van der Waals surface area contributed by atoms with Gasteiger partial charge in [-0.05, 0) is 42.2 Å². The molecule has 2 aromatic rings. The molecule has 0 spiro atoms. The van der Waals surface area contributed by atoms with E-state index in [1.165, 1.54) is 0 Å². The second kappa shape index (κ2) is 10.5. The molecule has 6 nitrogen and oxygen atoms in total. The van der Waals surface area contributed by atoms with E-state index in [0.29, 0.717) is 44.6 Å². The molecule has 2 aliphatic heterocycles. The van der Waals surface area contributed by atoms with Crippen molar-refractivity contribution in [3.05, 3.63) is 70.8 Å². The van der Waals surface area contributed by atoms with Crippen molar-refractivity contribution in [2.75, 3.05) is 26.2 Å². The third kappa shape index (κ3) is 6.19. The maximum atomic E-state index is 13.2. The van der Waals surface area contributed by atoms with Crippen LogP contribution in [0.5, 0.6) is 0 Å². The van der Waals surface area contributed by atoms with E-state index in [1.807, 2.05) is 37.3 Å². The summed E-state index contributed by atoms with van der Waals surface area (Å²) in [6, 6.07) is 10.7. The van der Waals surface area contributed by atoms with Gasteiger partial charge in [-0.25, -0.2) is 4.79 Å². The zero-order valence-electron chi connectivity index (χ0n) is 20.1. The van der Waals surface area contributed by atoms with Crippen LogP contribution in [0.15, 0.2) is 48.5 Å². The van der Waals surface area contributed by atoms with Crippen LogP contribution in [0.4, 0.5) is 31.1 Å². The second-order valence-electron chi connectivity index (χ2n) is 9.33. The van der Waals surface area contributed by atoms with Gasteiger partial charge in [-0.2, -0.15) is 31.4 Å². The molecule has 2 fully saturated rings.